The van der Waals surface area contributed by atoms with Crippen LogP contribution in [0.5, 0.6) is 0 Å². The molecule has 0 radical (unpaired) electrons. The predicted octanol–water partition coefficient (Wildman–Crippen LogP) is 4.03. The van der Waals surface area contributed by atoms with E-state index in [2.05, 4.69) is 0 Å². The Labute approximate surface area is 167 Å². The Morgan fingerprint density at radius 1 is 1.18 bits per heavy atom. The average Bonchev–Trinajstić information content (AvgIpc) is 3.22. The molecule has 0 saturated carbocycles. The summed E-state index contributed by atoms with van der Waals surface area (Å²) in [4.78, 5) is 25.5. The summed E-state index contributed by atoms with van der Waals surface area (Å²) in [6, 6.07) is 9.69. The maximum atomic E-state index is 13.2. The molecule has 4 heterocycles. The van der Waals surface area contributed by atoms with Crippen molar-refractivity contribution in [3.8, 4) is 0 Å². The van der Waals surface area contributed by atoms with Gasteiger partial charge in [-0.05, 0) is 29.1 Å². The normalized spacial score (nSPS) is 26.0. The Hall–Kier alpha value is -2.25. The molecule has 0 amide bonds. The Morgan fingerprint density at radius 2 is 2.00 bits per heavy atom. The van der Waals surface area contributed by atoms with Crippen molar-refractivity contribution >= 4 is 23.3 Å². The number of fused-ring (bicyclic) bond motifs is 3. The SMILES string of the molecule is O=C(OCc1cccc(F)c1)O[C@H]1C[N+]2(CC(=O)c3cccs3)CCC1CC2. The molecule has 7 heteroatoms. The van der Waals surface area contributed by atoms with Crippen molar-refractivity contribution in [2.75, 3.05) is 26.2 Å². The number of halogens is 1. The van der Waals surface area contributed by atoms with Crippen molar-refractivity contribution in [3.63, 3.8) is 0 Å². The number of Topliss-reactive ketones (excluding diaryl/α,β-unsaturated/α-hetero) is 1. The second kappa shape index (κ2) is 8.01. The smallest absolute Gasteiger partial charge is 0.429 e. The third-order valence-electron chi connectivity index (χ3n) is 5.81. The molecule has 3 fully saturated rings. The van der Waals surface area contributed by atoms with Gasteiger partial charge in [-0.3, -0.25) is 4.79 Å². The van der Waals surface area contributed by atoms with Crippen molar-refractivity contribution in [3.05, 3.63) is 58.0 Å². The van der Waals surface area contributed by atoms with E-state index in [0.717, 1.165) is 30.8 Å². The molecule has 2 bridgehead atoms. The van der Waals surface area contributed by atoms with Gasteiger partial charge in [-0.2, -0.15) is 0 Å². The van der Waals surface area contributed by atoms with Gasteiger partial charge in [0.25, 0.3) is 0 Å². The molecule has 5 nitrogen and oxygen atoms in total. The lowest BCUT2D eigenvalue weighted by molar-refractivity contribution is -0.938. The highest BCUT2D eigenvalue weighted by Gasteiger charge is 2.48. The molecule has 1 atom stereocenters. The van der Waals surface area contributed by atoms with Crippen LogP contribution in [0.1, 0.15) is 28.1 Å². The van der Waals surface area contributed by atoms with E-state index >= 15 is 0 Å². The number of ketones is 1. The van der Waals surface area contributed by atoms with Crippen LogP contribution in [0.15, 0.2) is 41.8 Å². The van der Waals surface area contributed by atoms with Gasteiger partial charge in [0, 0.05) is 18.8 Å². The second-order valence-electron chi connectivity index (χ2n) is 7.69. The molecule has 0 N–H and O–H groups in total. The number of ether oxygens (including phenoxy) is 2. The highest BCUT2D eigenvalue weighted by Crippen LogP contribution is 2.36. The molecule has 2 aromatic rings. The van der Waals surface area contributed by atoms with Crippen LogP contribution in [0.4, 0.5) is 9.18 Å². The van der Waals surface area contributed by atoms with E-state index < -0.39 is 6.16 Å². The van der Waals surface area contributed by atoms with Crippen molar-refractivity contribution in [1.29, 1.82) is 0 Å². The number of benzene rings is 1. The number of thiophene rings is 1. The number of carbonyl (C=O) groups is 2. The van der Waals surface area contributed by atoms with E-state index in [0.29, 0.717) is 29.1 Å². The molecular formula is C21H23FNO4S+. The zero-order chi connectivity index (χ0) is 19.6. The quantitative estimate of drug-likeness (QED) is 0.414. The lowest BCUT2D eigenvalue weighted by Crippen LogP contribution is -2.65. The van der Waals surface area contributed by atoms with Gasteiger partial charge >= 0.3 is 6.16 Å². The van der Waals surface area contributed by atoms with Crippen LogP contribution in [0.2, 0.25) is 0 Å². The maximum absolute atomic E-state index is 13.2. The standard InChI is InChI=1S/C21H23FNO4S/c22-17-4-1-3-15(11-17)14-26-21(25)27-19-13-23(8-6-16(19)7-9-23)12-18(24)20-5-2-10-28-20/h1-5,10-11,16,19H,6-9,12-14H2/q+1/t16?,19-,23?/m0/s1. The number of rotatable bonds is 6. The first kappa shape index (κ1) is 19.1. The van der Waals surface area contributed by atoms with E-state index in [1.807, 2.05) is 17.5 Å². The minimum atomic E-state index is -0.731. The van der Waals surface area contributed by atoms with E-state index in [-0.39, 0.29) is 24.3 Å². The van der Waals surface area contributed by atoms with E-state index in [1.165, 1.54) is 23.5 Å². The van der Waals surface area contributed by atoms with Gasteiger partial charge < -0.3 is 14.0 Å². The molecule has 0 unspecified atom stereocenters. The lowest BCUT2D eigenvalue weighted by Gasteiger charge is -2.51. The minimum absolute atomic E-state index is 0.0230. The fourth-order valence-corrected chi connectivity index (χ4v) is 4.98. The van der Waals surface area contributed by atoms with Crippen molar-refractivity contribution < 1.29 is 27.9 Å². The zero-order valence-corrected chi connectivity index (χ0v) is 16.3. The van der Waals surface area contributed by atoms with Gasteiger partial charge in [0.15, 0.2) is 6.10 Å². The van der Waals surface area contributed by atoms with E-state index in [4.69, 9.17) is 9.47 Å². The summed E-state index contributed by atoms with van der Waals surface area (Å²) >= 11 is 1.47. The Bertz CT molecular complexity index is 846. The first-order valence-electron chi connectivity index (χ1n) is 9.53. The molecule has 3 aliphatic heterocycles. The molecule has 1 aromatic heterocycles. The monoisotopic (exact) mass is 404 g/mol. The van der Waals surface area contributed by atoms with Crippen molar-refractivity contribution in [1.82, 2.24) is 0 Å². The van der Waals surface area contributed by atoms with Crippen LogP contribution < -0.4 is 0 Å². The highest BCUT2D eigenvalue weighted by atomic mass is 32.1. The Kier molecular flexibility index (Phi) is 5.46. The molecule has 5 rings (SSSR count). The third kappa shape index (κ3) is 4.25. The zero-order valence-electron chi connectivity index (χ0n) is 15.5. The van der Waals surface area contributed by atoms with Gasteiger partial charge in [-0.25, -0.2) is 9.18 Å². The van der Waals surface area contributed by atoms with Crippen LogP contribution in [-0.2, 0) is 16.1 Å². The van der Waals surface area contributed by atoms with Crippen LogP contribution in [-0.4, -0.2) is 48.7 Å². The number of nitrogens with zero attached hydrogens (tertiary/aromatic N) is 1. The van der Waals surface area contributed by atoms with Crippen molar-refractivity contribution in [2.24, 2.45) is 5.92 Å². The van der Waals surface area contributed by atoms with Gasteiger partial charge in [-0.15, -0.1) is 11.3 Å². The van der Waals surface area contributed by atoms with Gasteiger partial charge in [0.2, 0.25) is 5.78 Å². The fraction of sp³-hybridized carbons (Fsp3) is 0.429. The van der Waals surface area contributed by atoms with Crippen LogP contribution >= 0.6 is 11.3 Å². The summed E-state index contributed by atoms with van der Waals surface area (Å²) in [5.74, 6) is 0.107. The first-order chi connectivity index (χ1) is 13.5. The van der Waals surface area contributed by atoms with E-state index in [1.54, 1.807) is 12.1 Å². The Balaban J connectivity index is 1.33. The second-order valence-corrected chi connectivity index (χ2v) is 8.64. The minimum Gasteiger partial charge on any atom is -0.429 e. The van der Waals surface area contributed by atoms with Gasteiger partial charge in [0.05, 0.1) is 18.0 Å². The molecule has 0 aliphatic carbocycles. The summed E-state index contributed by atoms with van der Waals surface area (Å²) in [5.41, 5.74) is 0.580. The Morgan fingerprint density at radius 3 is 2.71 bits per heavy atom. The summed E-state index contributed by atoms with van der Waals surface area (Å²) in [6.45, 7) is 2.97. The topological polar surface area (TPSA) is 52.6 Å². The van der Waals surface area contributed by atoms with E-state index in [9.17, 15) is 14.0 Å². The van der Waals surface area contributed by atoms with Crippen LogP contribution in [0, 0.1) is 11.7 Å². The number of hydrogen-bond donors (Lipinski definition) is 0. The molecule has 0 spiro atoms. The molecule has 3 aliphatic rings. The number of hydrogen-bond acceptors (Lipinski definition) is 5. The molecule has 148 valence electrons. The lowest BCUT2D eigenvalue weighted by atomic mass is 9.83. The first-order valence-corrected chi connectivity index (χ1v) is 10.4. The molecule has 3 saturated heterocycles. The largest absolute Gasteiger partial charge is 0.509 e. The highest BCUT2D eigenvalue weighted by molar-refractivity contribution is 7.12. The fourth-order valence-electron chi connectivity index (χ4n) is 4.32. The summed E-state index contributed by atoms with van der Waals surface area (Å²) in [6.07, 6.45) is 0.920. The third-order valence-corrected chi connectivity index (χ3v) is 6.72. The predicted molar refractivity (Wildman–Crippen MR) is 103 cm³/mol. The molecule has 28 heavy (non-hydrogen) atoms. The van der Waals surface area contributed by atoms with Crippen LogP contribution in [0.3, 0.4) is 0 Å². The summed E-state index contributed by atoms with van der Waals surface area (Å²) in [5, 5.41) is 1.91. The number of piperidine rings is 3. The summed E-state index contributed by atoms with van der Waals surface area (Å²) in [7, 11) is 0. The van der Waals surface area contributed by atoms with Crippen molar-refractivity contribution in [2.45, 2.75) is 25.6 Å². The number of carbonyl (C=O) groups excluding carboxylic acids is 2. The number of quaternary nitrogens is 1. The summed E-state index contributed by atoms with van der Waals surface area (Å²) < 4.78 is 24.7. The molecular weight excluding hydrogens is 381 g/mol. The molecule has 1 aromatic carbocycles. The van der Waals surface area contributed by atoms with Gasteiger partial charge in [0.1, 0.15) is 25.5 Å². The van der Waals surface area contributed by atoms with Crippen LogP contribution in [0.25, 0.3) is 0 Å². The average molecular weight is 404 g/mol. The van der Waals surface area contributed by atoms with Gasteiger partial charge in [-0.1, -0.05) is 18.2 Å². The maximum Gasteiger partial charge on any atom is 0.509 e.